The highest BCUT2D eigenvalue weighted by molar-refractivity contribution is 5.80. The van der Waals surface area contributed by atoms with Crippen LogP contribution in [0, 0.1) is 0 Å². The van der Waals surface area contributed by atoms with E-state index in [1.165, 1.54) is 0 Å². The molecule has 0 aromatic heterocycles. The molecule has 1 amide bonds. The molecule has 3 heteroatoms. The molecule has 1 unspecified atom stereocenters. The number of hydrogen-bond acceptors (Lipinski definition) is 2. The molecule has 1 N–H and O–H groups in total. The van der Waals surface area contributed by atoms with Gasteiger partial charge in [-0.25, -0.2) is 0 Å². The van der Waals surface area contributed by atoms with Crippen molar-refractivity contribution >= 4 is 5.91 Å². The Morgan fingerprint density at radius 1 is 1.82 bits per heavy atom. The zero-order chi connectivity index (χ0) is 8.10. The van der Waals surface area contributed by atoms with Crippen LogP contribution in [0.5, 0.6) is 0 Å². The Labute approximate surface area is 66.4 Å². The third kappa shape index (κ3) is 2.26. The molecular weight excluding hydrogens is 142 g/mol. The highest BCUT2D eigenvalue weighted by Crippen LogP contribution is 2.09. The quantitative estimate of drug-likeness (QED) is 0.641. The maximum Gasteiger partial charge on any atom is 0.261 e. The molecule has 62 valence electrons. The number of amides is 1. The highest BCUT2D eigenvalue weighted by atomic mass is 16.5. The predicted molar refractivity (Wildman–Crippen MR) is 41.9 cm³/mol. The molecule has 0 bridgehead atoms. The van der Waals surface area contributed by atoms with Crippen molar-refractivity contribution in [1.29, 1.82) is 0 Å². The van der Waals surface area contributed by atoms with Crippen LogP contribution in [0.25, 0.3) is 0 Å². The van der Waals surface area contributed by atoms with Crippen LogP contribution in [-0.4, -0.2) is 18.6 Å². The molecule has 1 atom stereocenters. The molecule has 0 saturated carbocycles. The largest absolute Gasteiger partial charge is 0.489 e. The number of ether oxygens (including phenoxy) is 1. The number of hydrogen-bond donors (Lipinski definition) is 1. The number of likely N-dealkylation sites (N-methyl/N-ethyl adjacent to an activating group) is 1. The van der Waals surface area contributed by atoms with Gasteiger partial charge in [0, 0.05) is 6.54 Å². The molecule has 0 radical (unpaired) electrons. The van der Waals surface area contributed by atoms with E-state index in [-0.39, 0.29) is 12.0 Å². The molecule has 0 fully saturated rings. The average molecular weight is 155 g/mol. The van der Waals surface area contributed by atoms with Gasteiger partial charge in [0.2, 0.25) is 0 Å². The second-order valence-corrected chi connectivity index (χ2v) is 2.47. The SMILES string of the molecule is CCNC(=O)C1CCC=CO1. The van der Waals surface area contributed by atoms with Crippen LogP contribution < -0.4 is 5.32 Å². The van der Waals surface area contributed by atoms with Gasteiger partial charge in [-0.2, -0.15) is 0 Å². The fraction of sp³-hybridized carbons (Fsp3) is 0.625. The van der Waals surface area contributed by atoms with E-state index in [1.54, 1.807) is 6.26 Å². The summed E-state index contributed by atoms with van der Waals surface area (Å²) < 4.78 is 5.10. The Bertz CT molecular complexity index is 165. The van der Waals surface area contributed by atoms with Gasteiger partial charge in [0.15, 0.2) is 6.10 Å². The first-order chi connectivity index (χ1) is 5.34. The van der Waals surface area contributed by atoms with Crippen molar-refractivity contribution < 1.29 is 9.53 Å². The lowest BCUT2D eigenvalue weighted by atomic mass is 10.1. The van der Waals surface area contributed by atoms with Crippen molar-refractivity contribution in [3.05, 3.63) is 12.3 Å². The van der Waals surface area contributed by atoms with Crippen molar-refractivity contribution in [2.24, 2.45) is 0 Å². The van der Waals surface area contributed by atoms with Crippen molar-refractivity contribution in [2.45, 2.75) is 25.9 Å². The molecule has 1 aliphatic rings. The van der Waals surface area contributed by atoms with E-state index in [2.05, 4.69) is 5.32 Å². The molecule has 1 rings (SSSR count). The summed E-state index contributed by atoms with van der Waals surface area (Å²) in [4.78, 5) is 11.1. The van der Waals surface area contributed by atoms with Crippen LogP contribution in [0.15, 0.2) is 12.3 Å². The lowest BCUT2D eigenvalue weighted by molar-refractivity contribution is -0.130. The smallest absolute Gasteiger partial charge is 0.261 e. The zero-order valence-corrected chi connectivity index (χ0v) is 6.67. The van der Waals surface area contributed by atoms with E-state index in [4.69, 9.17) is 4.74 Å². The van der Waals surface area contributed by atoms with Crippen LogP contribution in [0.2, 0.25) is 0 Å². The van der Waals surface area contributed by atoms with Crippen molar-refractivity contribution in [1.82, 2.24) is 5.32 Å². The molecule has 0 saturated heterocycles. The topological polar surface area (TPSA) is 38.3 Å². The van der Waals surface area contributed by atoms with Gasteiger partial charge in [0.05, 0.1) is 6.26 Å². The third-order valence-electron chi connectivity index (χ3n) is 1.58. The van der Waals surface area contributed by atoms with E-state index in [0.717, 1.165) is 12.8 Å². The molecule has 1 aliphatic heterocycles. The first-order valence-electron chi connectivity index (χ1n) is 3.92. The standard InChI is InChI=1S/C8H13NO2/c1-2-9-8(10)7-5-3-4-6-11-7/h4,6-7H,2-3,5H2,1H3,(H,9,10). The maximum absolute atomic E-state index is 11.1. The number of nitrogens with one attached hydrogen (secondary N) is 1. The fourth-order valence-electron chi connectivity index (χ4n) is 1.02. The van der Waals surface area contributed by atoms with Gasteiger partial charge in [-0.3, -0.25) is 4.79 Å². The summed E-state index contributed by atoms with van der Waals surface area (Å²) >= 11 is 0. The van der Waals surface area contributed by atoms with Crippen LogP contribution in [0.1, 0.15) is 19.8 Å². The highest BCUT2D eigenvalue weighted by Gasteiger charge is 2.18. The number of carbonyl (C=O) groups is 1. The van der Waals surface area contributed by atoms with Crippen LogP contribution in [-0.2, 0) is 9.53 Å². The van der Waals surface area contributed by atoms with Gasteiger partial charge < -0.3 is 10.1 Å². The maximum atomic E-state index is 11.1. The Morgan fingerprint density at radius 2 is 2.64 bits per heavy atom. The summed E-state index contributed by atoms with van der Waals surface area (Å²) in [5.74, 6) is -0.00292. The van der Waals surface area contributed by atoms with Crippen molar-refractivity contribution in [2.75, 3.05) is 6.54 Å². The summed E-state index contributed by atoms with van der Waals surface area (Å²) in [6.45, 7) is 2.57. The van der Waals surface area contributed by atoms with Gasteiger partial charge in [0.1, 0.15) is 0 Å². The summed E-state index contributed by atoms with van der Waals surface area (Å²) in [7, 11) is 0. The van der Waals surface area contributed by atoms with Gasteiger partial charge in [-0.1, -0.05) is 0 Å². The predicted octanol–water partition coefficient (Wildman–Crippen LogP) is 0.815. The molecule has 3 nitrogen and oxygen atoms in total. The summed E-state index contributed by atoms with van der Waals surface area (Å²) in [5, 5.41) is 2.72. The Kier molecular flexibility index (Phi) is 2.95. The molecule has 11 heavy (non-hydrogen) atoms. The van der Waals surface area contributed by atoms with Crippen LogP contribution >= 0.6 is 0 Å². The van der Waals surface area contributed by atoms with Gasteiger partial charge in [-0.15, -0.1) is 0 Å². The minimum Gasteiger partial charge on any atom is -0.489 e. The molecule has 0 aromatic rings. The van der Waals surface area contributed by atoms with E-state index in [0.29, 0.717) is 6.54 Å². The lowest BCUT2D eigenvalue weighted by Crippen LogP contribution is -2.36. The normalized spacial score (nSPS) is 22.5. The molecule has 0 spiro atoms. The number of carbonyl (C=O) groups excluding carboxylic acids is 1. The van der Waals surface area contributed by atoms with Gasteiger partial charge >= 0.3 is 0 Å². The van der Waals surface area contributed by atoms with Gasteiger partial charge in [0.25, 0.3) is 5.91 Å². The summed E-state index contributed by atoms with van der Waals surface area (Å²) in [5.41, 5.74) is 0. The minimum atomic E-state index is -0.264. The molecule has 1 heterocycles. The molecule has 0 aliphatic carbocycles. The minimum absolute atomic E-state index is 0.00292. The lowest BCUT2D eigenvalue weighted by Gasteiger charge is -2.17. The number of rotatable bonds is 2. The Hall–Kier alpha value is -0.990. The second kappa shape index (κ2) is 4.01. The van der Waals surface area contributed by atoms with Gasteiger partial charge in [-0.05, 0) is 25.8 Å². The first kappa shape index (κ1) is 8.11. The second-order valence-electron chi connectivity index (χ2n) is 2.47. The van der Waals surface area contributed by atoms with E-state index < -0.39 is 0 Å². The van der Waals surface area contributed by atoms with Crippen LogP contribution in [0.4, 0.5) is 0 Å². The first-order valence-corrected chi connectivity index (χ1v) is 3.92. The Balaban J connectivity index is 2.34. The van der Waals surface area contributed by atoms with E-state index in [9.17, 15) is 4.79 Å². The van der Waals surface area contributed by atoms with E-state index >= 15 is 0 Å². The monoisotopic (exact) mass is 155 g/mol. The summed E-state index contributed by atoms with van der Waals surface area (Å²) in [6.07, 6.45) is 4.99. The fourth-order valence-corrected chi connectivity index (χ4v) is 1.02. The van der Waals surface area contributed by atoms with E-state index in [1.807, 2.05) is 13.0 Å². The Morgan fingerprint density at radius 3 is 3.18 bits per heavy atom. The molecular formula is C8H13NO2. The molecule has 0 aromatic carbocycles. The summed E-state index contributed by atoms with van der Waals surface area (Å²) in [6, 6.07) is 0. The third-order valence-corrected chi connectivity index (χ3v) is 1.58. The zero-order valence-electron chi connectivity index (χ0n) is 6.67. The number of allylic oxidation sites excluding steroid dienone is 1. The van der Waals surface area contributed by atoms with Crippen molar-refractivity contribution in [3.63, 3.8) is 0 Å². The average Bonchev–Trinajstić information content (AvgIpc) is 2.07. The van der Waals surface area contributed by atoms with Crippen LogP contribution in [0.3, 0.4) is 0 Å². The van der Waals surface area contributed by atoms with Crippen molar-refractivity contribution in [3.8, 4) is 0 Å².